The Bertz CT molecular complexity index is 1410. The quantitative estimate of drug-likeness (QED) is 0.372. The second-order valence-corrected chi connectivity index (χ2v) is 18.6. The van der Waals surface area contributed by atoms with E-state index in [2.05, 4.69) is 45.4 Å². The first-order chi connectivity index (χ1) is 19.5. The molecule has 1 N–H and O–H groups in total. The van der Waals surface area contributed by atoms with Crippen LogP contribution in [0.5, 0.6) is 0 Å². The van der Waals surface area contributed by atoms with Crippen molar-refractivity contribution in [2.45, 2.75) is 106 Å². The van der Waals surface area contributed by atoms with Gasteiger partial charge >= 0.3 is 6.18 Å². The zero-order chi connectivity index (χ0) is 32.2. The highest BCUT2D eigenvalue weighted by molar-refractivity contribution is 7.89. The van der Waals surface area contributed by atoms with E-state index in [1.54, 1.807) is 0 Å². The second-order valence-electron chi connectivity index (χ2n) is 16.7. The third-order valence-corrected chi connectivity index (χ3v) is 14.9. The summed E-state index contributed by atoms with van der Waals surface area (Å²) in [6.45, 7) is 14.7. The summed E-state index contributed by atoms with van der Waals surface area (Å²) in [5.41, 5.74) is -2.45. The summed E-state index contributed by atoms with van der Waals surface area (Å²) in [4.78, 5) is 27.8. The zero-order valence-corrected chi connectivity index (χ0v) is 27.4. The van der Waals surface area contributed by atoms with Gasteiger partial charge in [0.1, 0.15) is 11.9 Å². The maximum Gasteiger partial charge on any atom is 0.404 e. The van der Waals surface area contributed by atoms with Crippen molar-refractivity contribution in [1.82, 2.24) is 4.72 Å². The fraction of sp³-hybridized carbons (Fsp3) is 0.848. The molecule has 5 aliphatic carbocycles. The molecule has 5 aliphatic rings. The molecule has 0 spiro atoms. The maximum absolute atomic E-state index is 14.6. The van der Waals surface area contributed by atoms with E-state index in [4.69, 9.17) is 0 Å². The van der Waals surface area contributed by atoms with Gasteiger partial charge in [0.05, 0.1) is 5.57 Å². The van der Waals surface area contributed by atoms with Crippen LogP contribution in [0.25, 0.3) is 0 Å². The normalized spacial score (nSPS) is 43.8. The molecule has 4 fully saturated rings. The minimum absolute atomic E-state index is 0.00467. The Kier molecular flexibility index (Phi) is 7.32. The number of carbonyl (C=O) groups excluding carboxylic acids is 2. The Labute approximate surface area is 254 Å². The number of alkyl halides is 3. The number of rotatable bonds is 4. The number of hydrogen-bond donors (Lipinski definition) is 1. The van der Waals surface area contributed by atoms with Crippen molar-refractivity contribution in [2.24, 2.45) is 56.2 Å². The average molecular weight is 625 g/mol. The summed E-state index contributed by atoms with van der Waals surface area (Å²) in [6.07, 6.45) is 2.47. The lowest BCUT2D eigenvalue weighted by atomic mass is 9.31. The highest BCUT2D eigenvalue weighted by atomic mass is 32.2. The van der Waals surface area contributed by atoms with E-state index in [9.17, 15) is 36.4 Å². The van der Waals surface area contributed by atoms with Crippen molar-refractivity contribution >= 4 is 21.6 Å². The number of Topliss-reactive ketones (excluding diaryl/α,β-unsaturated/α-hetero) is 2. The number of halogens is 3. The summed E-state index contributed by atoms with van der Waals surface area (Å²) < 4.78 is 66.4. The minimum atomic E-state index is -4.83. The molecule has 0 amide bonds. The second kappa shape index (κ2) is 9.64. The van der Waals surface area contributed by atoms with Crippen molar-refractivity contribution in [1.29, 1.82) is 5.26 Å². The van der Waals surface area contributed by atoms with Crippen LogP contribution in [0.3, 0.4) is 0 Å². The van der Waals surface area contributed by atoms with Crippen LogP contribution in [0.4, 0.5) is 13.2 Å². The van der Waals surface area contributed by atoms with Gasteiger partial charge in [0.15, 0.2) is 11.5 Å². The molecule has 0 radical (unpaired) electrons. The Morgan fingerprint density at radius 2 is 1.58 bits per heavy atom. The summed E-state index contributed by atoms with van der Waals surface area (Å²) in [6, 6.07) is 2.14. The van der Waals surface area contributed by atoms with Crippen LogP contribution in [-0.2, 0) is 19.6 Å². The molecule has 240 valence electrons. The van der Waals surface area contributed by atoms with Crippen molar-refractivity contribution < 1.29 is 31.2 Å². The predicted octanol–water partition coefficient (Wildman–Crippen LogP) is 6.77. The summed E-state index contributed by atoms with van der Waals surface area (Å²) in [5, 5.41) is 9.91. The lowest BCUT2D eigenvalue weighted by Crippen LogP contribution is -2.69. The monoisotopic (exact) mass is 624 g/mol. The minimum Gasteiger partial charge on any atom is -0.299 e. The number of carbonyl (C=O) groups is 2. The summed E-state index contributed by atoms with van der Waals surface area (Å²) >= 11 is 0. The van der Waals surface area contributed by atoms with E-state index in [1.165, 1.54) is 0 Å². The van der Waals surface area contributed by atoms with E-state index in [1.807, 2.05) is 19.9 Å². The van der Waals surface area contributed by atoms with E-state index in [0.717, 1.165) is 19.3 Å². The SMILES string of the molecule is CC1(C)CC[C@]2(CNS(=O)(=O)CC(F)(F)F)CC[C@]3(C)[C@H](C(=O)C[C@@H]4[C@@]5(C)C=C(C#N)C(=O)C(C)(C)[C@@H]5CC[C@]43C)[C@@H]2C1. The van der Waals surface area contributed by atoms with Gasteiger partial charge in [0, 0.05) is 24.3 Å². The first-order valence-corrected chi connectivity index (χ1v) is 17.4. The van der Waals surface area contributed by atoms with Gasteiger partial charge in [-0.2, -0.15) is 18.4 Å². The number of fused-ring (bicyclic) bond motifs is 7. The molecule has 0 unspecified atom stereocenters. The van der Waals surface area contributed by atoms with E-state index < -0.39 is 43.6 Å². The van der Waals surface area contributed by atoms with Gasteiger partial charge < -0.3 is 0 Å². The van der Waals surface area contributed by atoms with Crippen LogP contribution < -0.4 is 4.72 Å². The Morgan fingerprint density at radius 3 is 2.19 bits per heavy atom. The molecule has 0 aromatic heterocycles. The average Bonchev–Trinajstić information content (AvgIpc) is 2.85. The topological polar surface area (TPSA) is 104 Å². The van der Waals surface area contributed by atoms with Gasteiger partial charge in [0.25, 0.3) is 0 Å². The Hall–Kier alpha value is -1.73. The predicted molar refractivity (Wildman–Crippen MR) is 157 cm³/mol. The molecule has 5 rings (SSSR count). The molecular formula is C33H47F3N2O4S. The zero-order valence-electron chi connectivity index (χ0n) is 26.6. The van der Waals surface area contributed by atoms with Crippen molar-refractivity contribution in [3.05, 3.63) is 11.6 Å². The first kappa shape index (κ1) is 32.7. The molecule has 43 heavy (non-hydrogen) atoms. The first-order valence-electron chi connectivity index (χ1n) is 15.7. The summed E-state index contributed by atoms with van der Waals surface area (Å²) in [5.74, 6) is -2.48. The third kappa shape index (κ3) is 4.85. The van der Waals surface area contributed by atoms with Crippen LogP contribution in [0.15, 0.2) is 11.6 Å². The van der Waals surface area contributed by atoms with Crippen molar-refractivity contribution in [3.8, 4) is 6.07 Å². The molecule has 8 atom stereocenters. The Balaban J connectivity index is 1.56. The van der Waals surface area contributed by atoms with Gasteiger partial charge in [-0.1, -0.05) is 54.5 Å². The van der Waals surface area contributed by atoms with E-state index >= 15 is 0 Å². The molecule has 0 aliphatic heterocycles. The molecule has 0 aromatic rings. The van der Waals surface area contributed by atoms with Gasteiger partial charge in [-0.05, 0) is 89.8 Å². The number of sulfonamides is 1. The molecule has 6 nitrogen and oxygen atoms in total. The molecule has 0 aromatic carbocycles. The number of ketones is 2. The van der Waals surface area contributed by atoms with Gasteiger partial charge in [-0.25, -0.2) is 13.1 Å². The van der Waals surface area contributed by atoms with Gasteiger partial charge in [-0.3, -0.25) is 9.59 Å². The molecule has 0 heterocycles. The standard InChI is InChI=1S/C33H47F3N2O4S/c1-27(2)10-12-32(18-38-43(41,42)19-33(34,35)36)13-11-31(7)25(21(32)16-27)22(39)14-24-29(5)15-20(17-37)26(40)28(3,4)23(29)8-9-30(24,31)6/h15,21,23-25,38H,8-14,16,18-19H2,1-7H3/t21-,23-,24+,25-,29-,30+,31+,32+/m0/s1. The molecule has 0 bridgehead atoms. The fourth-order valence-electron chi connectivity index (χ4n) is 11.2. The largest absolute Gasteiger partial charge is 0.404 e. The number of allylic oxidation sites excluding steroid dienone is 2. The van der Waals surface area contributed by atoms with Crippen LogP contribution in [0.2, 0.25) is 0 Å². The maximum atomic E-state index is 14.6. The number of nitrogens with one attached hydrogen (secondary N) is 1. The van der Waals surface area contributed by atoms with E-state index in [-0.39, 0.29) is 58.2 Å². The van der Waals surface area contributed by atoms with Gasteiger partial charge in [0.2, 0.25) is 10.0 Å². The number of hydrogen-bond acceptors (Lipinski definition) is 5. The molecule has 10 heteroatoms. The fourth-order valence-corrected chi connectivity index (χ4v) is 12.3. The van der Waals surface area contributed by atoms with Crippen LogP contribution in [0, 0.1) is 67.5 Å². The van der Waals surface area contributed by atoms with E-state index in [0.29, 0.717) is 32.1 Å². The molecule has 0 saturated heterocycles. The van der Waals surface area contributed by atoms with Crippen molar-refractivity contribution in [3.63, 3.8) is 0 Å². The van der Waals surface area contributed by atoms with Crippen molar-refractivity contribution in [2.75, 3.05) is 12.3 Å². The van der Waals surface area contributed by atoms with Gasteiger partial charge in [-0.15, -0.1) is 0 Å². The third-order valence-electron chi connectivity index (χ3n) is 13.6. The highest BCUT2D eigenvalue weighted by Gasteiger charge is 2.72. The lowest BCUT2D eigenvalue weighted by Gasteiger charge is -2.72. The summed E-state index contributed by atoms with van der Waals surface area (Å²) in [7, 11) is -4.58. The van der Waals surface area contributed by atoms with Crippen LogP contribution in [0.1, 0.15) is 99.8 Å². The highest BCUT2D eigenvalue weighted by Crippen LogP contribution is 2.75. The van der Waals surface area contributed by atoms with Crippen LogP contribution in [-0.4, -0.2) is 38.5 Å². The van der Waals surface area contributed by atoms with Crippen LogP contribution >= 0.6 is 0 Å². The molecular weight excluding hydrogens is 577 g/mol. The molecule has 4 saturated carbocycles. The number of nitriles is 1. The number of nitrogens with zero attached hydrogens (tertiary/aromatic N) is 1. The Morgan fingerprint density at radius 1 is 0.953 bits per heavy atom. The lowest BCUT2D eigenvalue weighted by molar-refractivity contribution is -0.221. The smallest absolute Gasteiger partial charge is 0.299 e.